The second-order valence-electron chi connectivity index (χ2n) is 5.03. The molecule has 2 rings (SSSR count). The standard InChI is InChI=1S/C13H21N3/c1-10-5-12(10)9-16(2)8-11-3-4-15-13(6-11)7-14/h3-4,6,10,12H,5,7-9,14H2,1-2H3. The Morgan fingerprint density at radius 3 is 2.94 bits per heavy atom. The summed E-state index contributed by atoms with van der Waals surface area (Å²) in [4.78, 5) is 6.60. The molecule has 16 heavy (non-hydrogen) atoms. The summed E-state index contributed by atoms with van der Waals surface area (Å²) >= 11 is 0. The van der Waals surface area contributed by atoms with Crippen molar-refractivity contribution in [3.05, 3.63) is 29.6 Å². The van der Waals surface area contributed by atoms with Crippen LogP contribution in [0.5, 0.6) is 0 Å². The molecule has 1 heterocycles. The zero-order valence-electron chi connectivity index (χ0n) is 10.2. The Morgan fingerprint density at radius 2 is 2.31 bits per heavy atom. The Balaban J connectivity index is 1.87. The largest absolute Gasteiger partial charge is 0.325 e. The second-order valence-corrected chi connectivity index (χ2v) is 5.03. The van der Waals surface area contributed by atoms with Crippen LogP contribution in [0.15, 0.2) is 18.3 Å². The van der Waals surface area contributed by atoms with E-state index in [9.17, 15) is 0 Å². The third-order valence-electron chi connectivity index (χ3n) is 3.36. The SMILES string of the molecule is CC1CC1CN(C)Cc1ccnc(CN)c1. The van der Waals surface area contributed by atoms with E-state index < -0.39 is 0 Å². The van der Waals surface area contributed by atoms with Gasteiger partial charge in [0, 0.05) is 25.8 Å². The number of nitrogens with two attached hydrogens (primary N) is 1. The highest BCUT2D eigenvalue weighted by Gasteiger charge is 2.32. The summed E-state index contributed by atoms with van der Waals surface area (Å²) in [5.74, 6) is 1.85. The summed E-state index contributed by atoms with van der Waals surface area (Å²) in [6.45, 7) is 5.06. The first-order chi connectivity index (χ1) is 7.69. The zero-order valence-corrected chi connectivity index (χ0v) is 10.2. The predicted octanol–water partition coefficient (Wildman–Crippen LogP) is 1.63. The van der Waals surface area contributed by atoms with Crippen LogP contribution in [0, 0.1) is 11.8 Å². The molecule has 2 N–H and O–H groups in total. The minimum atomic E-state index is 0.525. The molecule has 3 nitrogen and oxygen atoms in total. The van der Waals surface area contributed by atoms with Crippen LogP contribution < -0.4 is 5.73 Å². The lowest BCUT2D eigenvalue weighted by atomic mass is 10.2. The van der Waals surface area contributed by atoms with E-state index in [1.165, 1.54) is 18.5 Å². The maximum atomic E-state index is 5.58. The van der Waals surface area contributed by atoms with E-state index in [1.807, 2.05) is 6.20 Å². The van der Waals surface area contributed by atoms with Crippen molar-refractivity contribution >= 4 is 0 Å². The van der Waals surface area contributed by atoms with Crippen LogP contribution in [0.2, 0.25) is 0 Å². The summed E-state index contributed by atoms with van der Waals surface area (Å²) in [6.07, 6.45) is 3.25. The number of pyridine rings is 1. The van der Waals surface area contributed by atoms with Gasteiger partial charge < -0.3 is 10.6 Å². The van der Waals surface area contributed by atoms with Gasteiger partial charge in [-0.05, 0) is 43.0 Å². The zero-order chi connectivity index (χ0) is 11.5. The van der Waals surface area contributed by atoms with Gasteiger partial charge in [-0.3, -0.25) is 4.98 Å². The molecule has 0 aliphatic heterocycles. The van der Waals surface area contributed by atoms with Crippen molar-refractivity contribution in [1.29, 1.82) is 0 Å². The first-order valence-corrected chi connectivity index (χ1v) is 6.01. The van der Waals surface area contributed by atoms with Gasteiger partial charge in [-0.25, -0.2) is 0 Å². The van der Waals surface area contributed by atoms with Gasteiger partial charge in [0.25, 0.3) is 0 Å². The Bertz CT molecular complexity index is 351. The summed E-state index contributed by atoms with van der Waals surface area (Å²) in [5.41, 5.74) is 7.87. The molecule has 3 heteroatoms. The highest BCUT2D eigenvalue weighted by Crippen LogP contribution is 2.38. The van der Waals surface area contributed by atoms with Gasteiger partial charge in [-0.2, -0.15) is 0 Å². The third kappa shape index (κ3) is 3.03. The van der Waals surface area contributed by atoms with Crippen LogP contribution in [-0.4, -0.2) is 23.5 Å². The summed E-state index contributed by atoms with van der Waals surface area (Å²) in [7, 11) is 2.19. The predicted molar refractivity (Wildman–Crippen MR) is 65.7 cm³/mol. The number of nitrogens with zero attached hydrogens (tertiary/aromatic N) is 2. The van der Waals surface area contributed by atoms with Crippen LogP contribution in [-0.2, 0) is 13.1 Å². The quantitative estimate of drug-likeness (QED) is 0.818. The Kier molecular flexibility index (Phi) is 3.56. The number of hydrogen-bond acceptors (Lipinski definition) is 3. The molecular weight excluding hydrogens is 198 g/mol. The first kappa shape index (κ1) is 11.6. The van der Waals surface area contributed by atoms with Crippen molar-refractivity contribution in [3.8, 4) is 0 Å². The molecule has 1 aliphatic rings. The highest BCUT2D eigenvalue weighted by molar-refractivity contribution is 5.16. The molecule has 0 spiro atoms. The normalized spacial score (nSPS) is 23.8. The van der Waals surface area contributed by atoms with Gasteiger partial charge in [-0.15, -0.1) is 0 Å². The highest BCUT2D eigenvalue weighted by atomic mass is 15.1. The van der Waals surface area contributed by atoms with Gasteiger partial charge in [-0.1, -0.05) is 6.92 Å². The summed E-state index contributed by atoms with van der Waals surface area (Å²) in [5, 5.41) is 0. The lowest BCUT2D eigenvalue weighted by molar-refractivity contribution is 0.307. The summed E-state index contributed by atoms with van der Waals surface area (Å²) in [6, 6.07) is 4.18. The monoisotopic (exact) mass is 219 g/mol. The van der Waals surface area contributed by atoms with E-state index in [2.05, 4.69) is 36.0 Å². The van der Waals surface area contributed by atoms with Crippen LogP contribution >= 0.6 is 0 Å². The first-order valence-electron chi connectivity index (χ1n) is 6.01. The van der Waals surface area contributed by atoms with E-state index in [1.54, 1.807) is 0 Å². The van der Waals surface area contributed by atoms with Crippen molar-refractivity contribution in [1.82, 2.24) is 9.88 Å². The van der Waals surface area contributed by atoms with Crippen molar-refractivity contribution < 1.29 is 0 Å². The fraction of sp³-hybridized carbons (Fsp3) is 0.615. The fourth-order valence-electron chi connectivity index (χ4n) is 2.17. The smallest absolute Gasteiger partial charge is 0.0542 e. The van der Waals surface area contributed by atoms with E-state index in [4.69, 9.17) is 5.73 Å². The van der Waals surface area contributed by atoms with Gasteiger partial charge >= 0.3 is 0 Å². The van der Waals surface area contributed by atoms with E-state index in [0.29, 0.717) is 6.54 Å². The minimum absolute atomic E-state index is 0.525. The molecule has 1 aromatic rings. The topological polar surface area (TPSA) is 42.2 Å². The molecule has 0 saturated heterocycles. The molecule has 1 saturated carbocycles. The Hall–Kier alpha value is -0.930. The minimum Gasteiger partial charge on any atom is -0.325 e. The van der Waals surface area contributed by atoms with Crippen molar-refractivity contribution in [2.24, 2.45) is 17.6 Å². The van der Waals surface area contributed by atoms with Crippen LogP contribution in [0.3, 0.4) is 0 Å². The molecule has 88 valence electrons. The van der Waals surface area contributed by atoms with Gasteiger partial charge in [0.05, 0.1) is 5.69 Å². The fourth-order valence-corrected chi connectivity index (χ4v) is 2.17. The van der Waals surface area contributed by atoms with Gasteiger partial charge in [0.15, 0.2) is 0 Å². The van der Waals surface area contributed by atoms with E-state index >= 15 is 0 Å². The number of hydrogen-bond donors (Lipinski definition) is 1. The Morgan fingerprint density at radius 1 is 1.56 bits per heavy atom. The second kappa shape index (κ2) is 4.93. The molecule has 0 aromatic carbocycles. The van der Waals surface area contributed by atoms with Crippen molar-refractivity contribution in [2.45, 2.75) is 26.4 Å². The van der Waals surface area contributed by atoms with Crippen LogP contribution in [0.1, 0.15) is 24.6 Å². The third-order valence-corrected chi connectivity index (χ3v) is 3.36. The van der Waals surface area contributed by atoms with E-state index in [-0.39, 0.29) is 0 Å². The van der Waals surface area contributed by atoms with Gasteiger partial charge in [0.1, 0.15) is 0 Å². The molecule has 1 aliphatic carbocycles. The molecule has 0 amide bonds. The molecule has 0 radical (unpaired) electrons. The molecular formula is C13H21N3. The summed E-state index contributed by atoms with van der Waals surface area (Å²) < 4.78 is 0. The lowest BCUT2D eigenvalue weighted by Gasteiger charge is -2.16. The van der Waals surface area contributed by atoms with Crippen LogP contribution in [0.25, 0.3) is 0 Å². The maximum absolute atomic E-state index is 5.58. The molecule has 1 aromatic heterocycles. The van der Waals surface area contributed by atoms with Gasteiger partial charge in [0.2, 0.25) is 0 Å². The number of aromatic nitrogens is 1. The molecule has 0 bridgehead atoms. The molecule has 2 atom stereocenters. The van der Waals surface area contributed by atoms with Crippen LogP contribution in [0.4, 0.5) is 0 Å². The van der Waals surface area contributed by atoms with Crippen molar-refractivity contribution in [3.63, 3.8) is 0 Å². The maximum Gasteiger partial charge on any atom is 0.0542 e. The molecule has 2 unspecified atom stereocenters. The average molecular weight is 219 g/mol. The number of rotatable bonds is 5. The average Bonchev–Trinajstić information content (AvgIpc) is 2.94. The van der Waals surface area contributed by atoms with E-state index in [0.717, 1.165) is 24.1 Å². The lowest BCUT2D eigenvalue weighted by Crippen LogP contribution is -2.21. The Labute approximate surface area is 97.7 Å². The van der Waals surface area contributed by atoms with Crippen molar-refractivity contribution in [2.75, 3.05) is 13.6 Å². The molecule has 1 fully saturated rings.